The number of benzene rings is 1. The molecule has 112 valence electrons. The smallest absolute Gasteiger partial charge is 0.419 e. The van der Waals surface area contributed by atoms with E-state index in [0.717, 1.165) is 6.07 Å². The van der Waals surface area contributed by atoms with Crippen molar-refractivity contribution in [3.63, 3.8) is 0 Å². The largest absolute Gasteiger partial charge is 0.438 e. The van der Waals surface area contributed by atoms with Crippen molar-refractivity contribution in [3.05, 3.63) is 52.7 Å². The fourth-order valence-electron chi connectivity index (χ4n) is 2.00. The molecule has 0 unspecified atom stereocenters. The van der Waals surface area contributed by atoms with Crippen LogP contribution in [0.2, 0.25) is 0 Å². The molecule has 0 aliphatic heterocycles. The second-order valence-corrected chi connectivity index (χ2v) is 4.62. The van der Waals surface area contributed by atoms with Gasteiger partial charge in [-0.05, 0) is 37.6 Å². The highest BCUT2D eigenvalue weighted by Gasteiger charge is 2.34. The van der Waals surface area contributed by atoms with E-state index in [4.69, 9.17) is 4.74 Å². The molecule has 0 spiro atoms. The topological polar surface area (TPSA) is 42.4 Å². The predicted octanol–water partition coefficient (Wildman–Crippen LogP) is 4.00. The van der Waals surface area contributed by atoms with Crippen LogP contribution in [0.15, 0.2) is 30.3 Å². The Bertz CT molecular complexity index is 654. The van der Waals surface area contributed by atoms with Gasteiger partial charge >= 0.3 is 6.18 Å². The molecule has 1 N–H and O–H groups in total. The Kier molecular flexibility index (Phi) is 4.18. The number of aliphatic hydroxyl groups is 1. The predicted molar refractivity (Wildman–Crippen MR) is 71.2 cm³/mol. The summed E-state index contributed by atoms with van der Waals surface area (Å²) < 4.78 is 44.2. The molecule has 0 aliphatic rings. The molecule has 3 nitrogen and oxygen atoms in total. The van der Waals surface area contributed by atoms with Crippen LogP contribution in [0, 0.1) is 13.8 Å². The molecular weight excluding hydrogens is 283 g/mol. The molecule has 0 saturated heterocycles. The van der Waals surface area contributed by atoms with Gasteiger partial charge in [0.05, 0.1) is 12.2 Å². The number of rotatable bonds is 3. The number of aliphatic hydroxyl groups excluding tert-OH is 1. The molecule has 0 aliphatic carbocycles. The Morgan fingerprint density at radius 2 is 1.86 bits per heavy atom. The van der Waals surface area contributed by atoms with Crippen molar-refractivity contribution < 1.29 is 23.0 Å². The Morgan fingerprint density at radius 3 is 2.48 bits per heavy atom. The van der Waals surface area contributed by atoms with E-state index in [1.54, 1.807) is 19.9 Å². The van der Waals surface area contributed by atoms with Crippen molar-refractivity contribution in [2.45, 2.75) is 26.6 Å². The zero-order chi connectivity index (χ0) is 15.6. The maximum absolute atomic E-state index is 12.9. The van der Waals surface area contributed by atoms with Gasteiger partial charge in [0.2, 0.25) is 5.88 Å². The molecule has 2 aromatic rings. The van der Waals surface area contributed by atoms with Gasteiger partial charge in [0, 0.05) is 11.3 Å². The van der Waals surface area contributed by atoms with E-state index in [2.05, 4.69) is 4.98 Å². The highest BCUT2D eigenvalue weighted by atomic mass is 19.4. The van der Waals surface area contributed by atoms with E-state index in [9.17, 15) is 18.3 Å². The number of ether oxygens (including phenoxy) is 1. The van der Waals surface area contributed by atoms with Crippen LogP contribution < -0.4 is 4.74 Å². The molecule has 0 radical (unpaired) electrons. The molecule has 6 heteroatoms. The van der Waals surface area contributed by atoms with Crippen molar-refractivity contribution in [3.8, 4) is 11.6 Å². The number of aryl methyl sites for hydroxylation is 2. The molecule has 1 aromatic carbocycles. The van der Waals surface area contributed by atoms with Crippen molar-refractivity contribution in [1.29, 1.82) is 0 Å². The molecule has 0 bridgehead atoms. The highest BCUT2D eigenvalue weighted by molar-refractivity contribution is 5.42. The van der Waals surface area contributed by atoms with Gasteiger partial charge in [-0.25, -0.2) is 4.98 Å². The molecule has 0 amide bonds. The summed E-state index contributed by atoms with van der Waals surface area (Å²) in [6.07, 6.45) is -4.52. The van der Waals surface area contributed by atoms with Crippen molar-refractivity contribution >= 4 is 0 Å². The second kappa shape index (κ2) is 5.73. The Morgan fingerprint density at radius 1 is 1.19 bits per heavy atom. The molecule has 0 fully saturated rings. The van der Waals surface area contributed by atoms with Gasteiger partial charge < -0.3 is 9.84 Å². The lowest BCUT2D eigenvalue weighted by Crippen LogP contribution is -2.08. The third-order valence-electron chi connectivity index (χ3n) is 2.99. The Balaban J connectivity index is 2.49. The minimum atomic E-state index is -4.52. The molecular formula is C15H14F3NO2. The summed E-state index contributed by atoms with van der Waals surface area (Å²) in [6.45, 7) is 3.09. The Hall–Kier alpha value is -2.08. The molecule has 21 heavy (non-hydrogen) atoms. The van der Waals surface area contributed by atoms with Crippen LogP contribution in [0.25, 0.3) is 0 Å². The van der Waals surface area contributed by atoms with Gasteiger partial charge in [-0.3, -0.25) is 0 Å². The monoisotopic (exact) mass is 297 g/mol. The average Bonchev–Trinajstić information content (AvgIpc) is 2.37. The SMILES string of the molecule is Cc1cc(C)c(CO)c(Oc2ccccc2C(F)(F)F)n1. The zero-order valence-electron chi connectivity index (χ0n) is 11.5. The normalized spacial score (nSPS) is 11.5. The lowest BCUT2D eigenvalue weighted by molar-refractivity contribution is -0.138. The first kappa shape index (κ1) is 15.3. The summed E-state index contributed by atoms with van der Waals surface area (Å²) >= 11 is 0. The van der Waals surface area contributed by atoms with Crippen LogP contribution in [-0.2, 0) is 12.8 Å². The fraction of sp³-hybridized carbons (Fsp3) is 0.267. The number of hydrogen-bond acceptors (Lipinski definition) is 3. The first-order valence-corrected chi connectivity index (χ1v) is 6.25. The first-order valence-electron chi connectivity index (χ1n) is 6.25. The summed E-state index contributed by atoms with van der Waals surface area (Å²) in [7, 11) is 0. The molecule has 1 aromatic heterocycles. The third-order valence-corrected chi connectivity index (χ3v) is 2.99. The van der Waals surface area contributed by atoms with Gasteiger partial charge in [0.15, 0.2) is 0 Å². The van der Waals surface area contributed by atoms with Crippen LogP contribution in [0.3, 0.4) is 0 Å². The summed E-state index contributed by atoms with van der Waals surface area (Å²) in [5.41, 5.74) is 0.807. The van der Waals surface area contributed by atoms with Crippen LogP contribution in [0.1, 0.15) is 22.4 Å². The third kappa shape index (κ3) is 3.33. The number of aromatic nitrogens is 1. The minimum Gasteiger partial charge on any atom is -0.438 e. The van der Waals surface area contributed by atoms with Crippen molar-refractivity contribution in [2.24, 2.45) is 0 Å². The molecule has 2 rings (SSSR count). The molecule has 0 saturated carbocycles. The number of alkyl halides is 3. The standard InChI is InChI=1S/C15H14F3NO2/c1-9-7-10(2)19-14(11(9)8-20)21-13-6-4-3-5-12(13)15(16,17)18/h3-7,20H,8H2,1-2H3. The molecule has 0 atom stereocenters. The number of para-hydroxylation sites is 1. The van der Waals surface area contributed by atoms with Crippen molar-refractivity contribution in [2.75, 3.05) is 0 Å². The van der Waals surface area contributed by atoms with E-state index < -0.39 is 11.7 Å². The van der Waals surface area contributed by atoms with Gasteiger partial charge in [-0.15, -0.1) is 0 Å². The maximum Gasteiger partial charge on any atom is 0.419 e. The lowest BCUT2D eigenvalue weighted by Gasteiger charge is -2.15. The highest BCUT2D eigenvalue weighted by Crippen LogP contribution is 2.38. The minimum absolute atomic E-state index is 0.00769. The maximum atomic E-state index is 12.9. The van der Waals surface area contributed by atoms with E-state index in [1.165, 1.54) is 18.2 Å². The number of nitrogens with zero attached hydrogens (tertiary/aromatic N) is 1. The van der Waals surface area contributed by atoms with E-state index >= 15 is 0 Å². The second-order valence-electron chi connectivity index (χ2n) is 4.62. The van der Waals surface area contributed by atoms with Crippen molar-refractivity contribution in [1.82, 2.24) is 4.98 Å². The summed E-state index contributed by atoms with van der Waals surface area (Å²) in [6, 6.07) is 6.64. The van der Waals surface area contributed by atoms with Crippen LogP contribution in [0.5, 0.6) is 11.6 Å². The van der Waals surface area contributed by atoms with E-state index in [1.807, 2.05) is 0 Å². The van der Waals surface area contributed by atoms with Gasteiger partial charge in [-0.2, -0.15) is 13.2 Å². The van der Waals surface area contributed by atoms with Crippen LogP contribution >= 0.6 is 0 Å². The summed E-state index contributed by atoms with van der Waals surface area (Å²) in [5, 5.41) is 9.36. The first-order chi connectivity index (χ1) is 9.82. The number of hydrogen-bond donors (Lipinski definition) is 1. The molecule has 1 heterocycles. The average molecular weight is 297 g/mol. The van der Waals surface area contributed by atoms with Gasteiger partial charge in [-0.1, -0.05) is 12.1 Å². The lowest BCUT2D eigenvalue weighted by atomic mass is 10.1. The summed E-state index contributed by atoms with van der Waals surface area (Å²) in [4.78, 5) is 4.07. The fourth-order valence-corrected chi connectivity index (χ4v) is 2.00. The zero-order valence-corrected chi connectivity index (χ0v) is 11.5. The number of pyridine rings is 1. The number of halogens is 3. The van der Waals surface area contributed by atoms with Gasteiger partial charge in [0.1, 0.15) is 5.75 Å². The van der Waals surface area contributed by atoms with E-state index in [0.29, 0.717) is 16.8 Å². The van der Waals surface area contributed by atoms with Crippen LogP contribution in [0.4, 0.5) is 13.2 Å². The Labute approximate surface area is 120 Å². The van der Waals surface area contributed by atoms with Crippen LogP contribution in [-0.4, -0.2) is 10.1 Å². The summed E-state index contributed by atoms with van der Waals surface area (Å²) in [5.74, 6) is -0.344. The van der Waals surface area contributed by atoms with E-state index in [-0.39, 0.29) is 18.2 Å². The quantitative estimate of drug-likeness (QED) is 0.931. The van der Waals surface area contributed by atoms with Gasteiger partial charge in [0.25, 0.3) is 0 Å².